The molecule has 140 valence electrons. The number of amides is 1. The van der Waals surface area contributed by atoms with Gasteiger partial charge in [0, 0.05) is 10.7 Å². The third kappa shape index (κ3) is 5.41. The quantitative estimate of drug-likeness (QED) is 0.723. The number of halogens is 1. The summed E-state index contributed by atoms with van der Waals surface area (Å²) in [5, 5.41) is 12.0. The van der Waals surface area contributed by atoms with Gasteiger partial charge in [-0.1, -0.05) is 40.2 Å². The van der Waals surface area contributed by atoms with Gasteiger partial charge in [0.05, 0.1) is 29.1 Å². The van der Waals surface area contributed by atoms with Gasteiger partial charge in [-0.05, 0) is 48.8 Å². The van der Waals surface area contributed by atoms with Crippen molar-refractivity contribution < 1.29 is 9.53 Å². The zero-order valence-electron chi connectivity index (χ0n) is 15.1. The van der Waals surface area contributed by atoms with Crippen LogP contribution in [0.25, 0.3) is 0 Å². The van der Waals surface area contributed by atoms with Gasteiger partial charge >= 0.3 is 0 Å². The van der Waals surface area contributed by atoms with E-state index < -0.39 is 0 Å². The highest BCUT2D eigenvalue weighted by Crippen LogP contribution is 2.24. The molecule has 3 rings (SSSR count). The Hall–Kier alpha value is -3.17. The highest BCUT2D eigenvalue weighted by Gasteiger charge is 2.15. The third-order valence-electron chi connectivity index (χ3n) is 4.00. The molecule has 1 heterocycles. The normalized spacial score (nSPS) is 15.5. The second-order valence-corrected chi connectivity index (χ2v) is 6.99. The van der Waals surface area contributed by atoms with Crippen LogP contribution in [0, 0.1) is 11.3 Å². The van der Waals surface area contributed by atoms with Gasteiger partial charge in [-0.25, -0.2) is 0 Å². The minimum absolute atomic E-state index is 0.267. The molecule has 1 N–H and O–H groups in total. The molecule has 0 bridgehead atoms. The number of hydrogen-bond donors (Lipinski definition) is 1. The SMILES string of the molecule is N#CC1=CC(COc2ccc(Br)cc2C(=O)NC2=CCC=CN=C2)=CCC=C1. The van der Waals surface area contributed by atoms with Gasteiger partial charge in [0.2, 0.25) is 0 Å². The van der Waals surface area contributed by atoms with E-state index in [1.165, 1.54) is 0 Å². The fourth-order valence-electron chi connectivity index (χ4n) is 2.63. The van der Waals surface area contributed by atoms with Crippen LogP contribution in [-0.2, 0) is 0 Å². The molecule has 0 saturated heterocycles. The summed E-state index contributed by atoms with van der Waals surface area (Å²) in [5.41, 5.74) is 2.52. The van der Waals surface area contributed by atoms with E-state index in [0.29, 0.717) is 29.0 Å². The third-order valence-corrected chi connectivity index (χ3v) is 4.49. The zero-order valence-corrected chi connectivity index (χ0v) is 16.6. The highest BCUT2D eigenvalue weighted by atomic mass is 79.9. The lowest BCUT2D eigenvalue weighted by Gasteiger charge is -2.13. The standard InChI is InChI=1S/C22H18BrN3O2/c23-18-8-9-21(28-15-17-6-2-1-5-16(11-17)13-24)20(12-18)22(27)26-19-7-3-4-10-25-14-19/h1,4-12,14H,2-3,15H2,(H,26,27). The van der Waals surface area contributed by atoms with Crippen LogP contribution in [0.3, 0.4) is 0 Å². The van der Waals surface area contributed by atoms with Crippen molar-refractivity contribution in [1.29, 1.82) is 5.26 Å². The van der Waals surface area contributed by atoms with Crippen LogP contribution in [0.4, 0.5) is 0 Å². The summed E-state index contributed by atoms with van der Waals surface area (Å²) in [5.74, 6) is 0.190. The lowest BCUT2D eigenvalue weighted by Crippen LogP contribution is -2.24. The van der Waals surface area contributed by atoms with Crippen LogP contribution < -0.4 is 10.1 Å². The molecule has 1 aromatic carbocycles. The summed E-state index contributed by atoms with van der Waals surface area (Å²) < 4.78 is 6.70. The van der Waals surface area contributed by atoms with Crippen LogP contribution in [-0.4, -0.2) is 18.7 Å². The fraction of sp³-hybridized carbons (Fsp3) is 0.136. The molecule has 5 nitrogen and oxygen atoms in total. The van der Waals surface area contributed by atoms with Crippen molar-refractivity contribution in [2.45, 2.75) is 12.8 Å². The van der Waals surface area contributed by atoms with E-state index >= 15 is 0 Å². The highest BCUT2D eigenvalue weighted by molar-refractivity contribution is 9.10. The van der Waals surface area contributed by atoms with Crippen LogP contribution in [0.2, 0.25) is 0 Å². The Morgan fingerprint density at radius 1 is 1.29 bits per heavy atom. The number of rotatable bonds is 5. The number of ether oxygens (including phenoxy) is 1. The largest absolute Gasteiger partial charge is 0.488 e. The van der Waals surface area contributed by atoms with Crippen molar-refractivity contribution in [3.8, 4) is 11.8 Å². The Morgan fingerprint density at radius 3 is 3.00 bits per heavy atom. The summed E-state index contributed by atoms with van der Waals surface area (Å²) in [6.45, 7) is 0.267. The molecule has 1 amide bonds. The summed E-state index contributed by atoms with van der Waals surface area (Å²) in [6.07, 6.45) is 16.0. The van der Waals surface area contributed by atoms with E-state index in [0.717, 1.165) is 16.5 Å². The average Bonchev–Trinajstić information content (AvgIpc) is 3.09. The van der Waals surface area contributed by atoms with E-state index in [1.54, 1.807) is 36.7 Å². The molecule has 0 atom stereocenters. The van der Waals surface area contributed by atoms with Gasteiger partial charge in [-0.3, -0.25) is 9.79 Å². The Kier molecular flexibility index (Phi) is 6.77. The molecule has 28 heavy (non-hydrogen) atoms. The molecule has 0 radical (unpaired) electrons. The van der Waals surface area contributed by atoms with E-state index in [2.05, 4.69) is 32.3 Å². The Morgan fingerprint density at radius 2 is 2.14 bits per heavy atom. The molecule has 0 unspecified atom stereocenters. The lowest BCUT2D eigenvalue weighted by molar-refractivity contribution is 0.0964. The van der Waals surface area contributed by atoms with Crippen LogP contribution >= 0.6 is 15.9 Å². The number of hydrogen-bond acceptors (Lipinski definition) is 4. The molecule has 1 aliphatic heterocycles. The number of nitrogens with one attached hydrogen (secondary N) is 1. The maximum Gasteiger partial charge on any atom is 0.259 e. The summed E-state index contributed by atoms with van der Waals surface area (Å²) in [7, 11) is 0. The molecule has 0 saturated carbocycles. The van der Waals surface area contributed by atoms with Crippen LogP contribution in [0.5, 0.6) is 5.75 Å². The predicted molar refractivity (Wildman–Crippen MR) is 113 cm³/mol. The van der Waals surface area contributed by atoms with E-state index in [9.17, 15) is 4.79 Å². The van der Waals surface area contributed by atoms with Crippen molar-refractivity contribution in [3.05, 3.63) is 87.7 Å². The van der Waals surface area contributed by atoms with Gasteiger partial charge in [-0.2, -0.15) is 5.26 Å². The molecular formula is C22H18BrN3O2. The van der Waals surface area contributed by atoms with E-state index in [-0.39, 0.29) is 12.5 Å². The number of allylic oxidation sites excluding steroid dienone is 7. The van der Waals surface area contributed by atoms with Gasteiger partial charge in [0.25, 0.3) is 5.91 Å². The van der Waals surface area contributed by atoms with E-state index in [1.807, 2.05) is 30.4 Å². The van der Waals surface area contributed by atoms with Crippen LogP contribution in [0.15, 0.2) is 87.2 Å². The number of nitriles is 1. The molecule has 2 aliphatic rings. The topological polar surface area (TPSA) is 74.5 Å². The second kappa shape index (κ2) is 9.67. The van der Waals surface area contributed by atoms with Gasteiger partial charge in [0.1, 0.15) is 12.4 Å². The summed E-state index contributed by atoms with van der Waals surface area (Å²) in [4.78, 5) is 16.9. The summed E-state index contributed by atoms with van der Waals surface area (Å²) >= 11 is 3.41. The Bertz CT molecular complexity index is 992. The zero-order chi connectivity index (χ0) is 19.8. The first-order chi connectivity index (χ1) is 13.7. The monoisotopic (exact) mass is 435 g/mol. The van der Waals surface area contributed by atoms with Crippen LogP contribution in [0.1, 0.15) is 23.2 Å². The van der Waals surface area contributed by atoms with Gasteiger partial charge in [-0.15, -0.1) is 0 Å². The van der Waals surface area contributed by atoms with Crippen molar-refractivity contribution in [2.75, 3.05) is 6.61 Å². The molecule has 0 aromatic heterocycles. The number of carbonyl (C=O) groups is 1. The van der Waals surface area contributed by atoms with Crippen molar-refractivity contribution in [1.82, 2.24) is 5.32 Å². The smallest absolute Gasteiger partial charge is 0.259 e. The molecular weight excluding hydrogens is 418 g/mol. The van der Waals surface area contributed by atoms with Crippen molar-refractivity contribution >= 4 is 28.1 Å². The van der Waals surface area contributed by atoms with E-state index in [4.69, 9.17) is 10.00 Å². The second-order valence-electron chi connectivity index (χ2n) is 6.07. The first kappa shape index (κ1) is 19.6. The molecule has 1 aliphatic carbocycles. The average molecular weight is 436 g/mol. The maximum absolute atomic E-state index is 12.8. The predicted octanol–water partition coefficient (Wildman–Crippen LogP) is 4.77. The van der Waals surface area contributed by atoms with Crippen molar-refractivity contribution in [2.24, 2.45) is 4.99 Å². The number of benzene rings is 1. The summed E-state index contributed by atoms with van der Waals surface area (Å²) in [6, 6.07) is 7.43. The number of carbonyl (C=O) groups excluding carboxylic acids is 1. The first-order valence-electron chi connectivity index (χ1n) is 8.75. The van der Waals surface area contributed by atoms with Gasteiger partial charge < -0.3 is 10.1 Å². The lowest BCUT2D eigenvalue weighted by atomic mass is 10.1. The number of nitrogens with zero attached hydrogens (tertiary/aromatic N) is 2. The van der Waals surface area contributed by atoms with Crippen molar-refractivity contribution in [3.63, 3.8) is 0 Å². The molecule has 0 fully saturated rings. The minimum atomic E-state index is -0.277. The Balaban J connectivity index is 1.75. The Labute approximate surface area is 172 Å². The molecule has 1 aromatic rings. The molecule has 6 heteroatoms. The number of aliphatic imine (C=N–C) groups is 1. The molecule has 0 spiro atoms. The fourth-order valence-corrected chi connectivity index (χ4v) is 2.99. The first-order valence-corrected chi connectivity index (χ1v) is 9.54. The minimum Gasteiger partial charge on any atom is -0.488 e. The maximum atomic E-state index is 12.8. The van der Waals surface area contributed by atoms with Gasteiger partial charge in [0.15, 0.2) is 0 Å².